The normalized spacial score (nSPS) is 30.4. The zero-order chi connectivity index (χ0) is 5.82. The van der Waals surface area contributed by atoms with Gasteiger partial charge < -0.3 is 5.11 Å². The molecule has 1 aliphatic rings. The standard InChI is InChI=1S/C5H11N2O/c8-4-5-2-1-3-6-7-5/h5,7-8H,1-4H2. The average Bonchev–Trinajstić information content (AvgIpc) is 1.90. The van der Waals surface area contributed by atoms with E-state index in [0.29, 0.717) is 0 Å². The van der Waals surface area contributed by atoms with E-state index < -0.39 is 0 Å². The van der Waals surface area contributed by atoms with Gasteiger partial charge in [0.25, 0.3) is 0 Å². The van der Waals surface area contributed by atoms with E-state index in [1.54, 1.807) is 0 Å². The fraction of sp³-hybridized carbons (Fsp3) is 1.00. The van der Waals surface area contributed by atoms with Crippen LogP contribution in [0.3, 0.4) is 0 Å². The first-order valence-electron chi connectivity index (χ1n) is 2.96. The number of hydrogen-bond acceptors (Lipinski definition) is 2. The zero-order valence-corrected chi connectivity index (χ0v) is 4.80. The number of hydrogen-bond donors (Lipinski definition) is 2. The van der Waals surface area contributed by atoms with Crippen LogP contribution in [0.2, 0.25) is 0 Å². The minimum Gasteiger partial charge on any atom is -0.395 e. The molecule has 1 atom stereocenters. The zero-order valence-electron chi connectivity index (χ0n) is 4.80. The Labute approximate surface area is 49.1 Å². The lowest BCUT2D eigenvalue weighted by atomic mass is 10.1. The van der Waals surface area contributed by atoms with Gasteiger partial charge in [-0.25, -0.2) is 5.43 Å². The summed E-state index contributed by atoms with van der Waals surface area (Å²) < 4.78 is 0. The van der Waals surface area contributed by atoms with Gasteiger partial charge in [0.15, 0.2) is 0 Å². The molecule has 47 valence electrons. The lowest BCUT2D eigenvalue weighted by molar-refractivity contribution is 0.200. The molecule has 1 rings (SSSR count). The molecule has 0 amide bonds. The van der Waals surface area contributed by atoms with E-state index in [0.717, 1.165) is 19.4 Å². The maximum Gasteiger partial charge on any atom is 0.0598 e. The predicted molar refractivity (Wildman–Crippen MR) is 30.2 cm³/mol. The molecule has 0 saturated carbocycles. The van der Waals surface area contributed by atoms with Crippen LogP contribution in [-0.2, 0) is 0 Å². The number of aliphatic hydroxyl groups excluding tert-OH is 1. The summed E-state index contributed by atoms with van der Waals surface area (Å²) >= 11 is 0. The molecule has 1 saturated heterocycles. The van der Waals surface area contributed by atoms with Crippen molar-refractivity contribution in [2.24, 2.45) is 0 Å². The van der Waals surface area contributed by atoms with Gasteiger partial charge in [0.05, 0.1) is 6.61 Å². The number of rotatable bonds is 1. The van der Waals surface area contributed by atoms with Crippen LogP contribution in [0.15, 0.2) is 0 Å². The molecule has 1 radical (unpaired) electrons. The first-order valence-corrected chi connectivity index (χ1v) is 2.96. The van der Waals surface area contributed by atoms with Gasteiger partial charge in [0.1, 0.15) is 0 Å². The Morgan fingerprint density at radius 1 is 1.75 bits per heavy atom. The quantitative estimate of drug-likeness (QED) is 0.472. The van der Waals surface area contributed by atoms with Crippen LogP contribution in [0.1, 0.15) is 12.8 Å². The fourth-order valence-corrected chi connectivity index (χ4v) is 0.807. The maximum absolute atomic E-state index is 8.57. The summed E-state index contributed by atoms with van der Waals surface area (Å²) in [5, 5.41) is 8.57. The van der Waals surface area contributed by atoms with Crippen molar-refractivity contribution >= 4 is 0 Å². The van der Waals surface area contributed by atoms with Crippen LogP contribution in [0.4, 0.5) is 0 Å². The largest absolute Gasteiger partial charge is 0.395 e. The molecule has 1 heterocycles. The second kappa shape index (κ2) is 3.02. The molecular weight excluding hydrogens is 104 g/mol. The van der Waals surface area contributed by atoms with Gasteiger partial charge in [-0.05, 0) is 12.8 Å². The summed E-state index contributed by atoms with van der Waals surface area (Å²) in [6.07, 6.45) is 2.16. The van der Waals surface area contributed by atoms with Crippen LogP contribution < -0.4 is 10.9 Å². The van der Waals surface area contributed by atoms with Crippen molar-refractivity contribution in [2.75, 3.05) is 13.2 Å². The first kappa shape index (κ1) is 6.01. The van der Waals surface area contributed by atoms with Gasteiger partial charge >= 0.3 is 0 Å². The molecule has 0 aromatic carbocycles. The van der Waals surface area contributed by atoms with E-state index in [1.807, 2.05) is 0 Å². The van der Waals surface area contributed by atoms with Gasteiger partial charge in [-0.15, -0.1) is 0 Å². The molecule has 3 nitrogen and oxygen atoms in total. The Morgan fingerprint density at radius 3 is 3.00 bits per heavy atom. The number of aliphatic hydroxyl groups is 1. The van der Waals surface area contributed by atoms with E-state index in [1.165, 1.54) is 0 Å². The average molecular weight is 115 g/mol. The molecule has 8 heavy (non-hydrogen) atoms. The van der Waals surface area contributed by atoms with Crippen molar-refractivity contribution in [3.05, 3.63) is 0 Å². The summed E-state index contributed by atoms with van der Waals surface area (Å²) in [4.78, 5) is 0. The van der Waals surface area contributed by atoms with Crippen molar-refractivity contribution in [1.82, 2.24) is 10.9 Å². The Morgan fingerprint density at radius 2 is 2.62 bits per heavy atom. The molecule has 0 aromatic rings. The first-order chi connectivity index (χ1) is 3.93. The monoisotopic (exact) mass is 115 g/mol. The molecular formula is C5H11N2O. The second-order valence-electron chi connectivity index (χ2n) is 2.03. The third kappa shape index (κ3) is 1.43. The van der Waals surface area contributed by atoms with Gasteiger partial charge in [-0.1, -0.05) is 0 Å². The fourth-order valence-electron chi connectivity index (χ4n) is 0.807. The van der Waals surface area contributed by atoms with Gasteiger partial charge in [-0.3, -0.25) is 0 Å². The molecule has 1 aliphatic heterocycles. The van der Waals surface area contributed by atoms with Crippen LogP contribution >= 0.6 is 0 Å². The highest BCUT2D eigenvalue weighted by atomic mass is 16.3. The van der Waals surface area contributed by atoms with E-state index >= 15 is 0 Å². The number of nitrogens with one attached hydrogen (secondary N) is 1. The lowest BCUT2D eigenvalue weighted by Crippen LogP contribution is -2.42. The van der Waals surface area contributed by atoms with Crippen molar-refractivity contribution in [3.8, 4) is 0 Å². The SMILES string of the molecule is OCC1CCC[N]N1. The third-order valence-electron chi connectivity index (χ3n) is 1.32. The van der Waals surface area contributed by atoms with Crippen LogP contribution in [0, 0.1) is 0 Å². The predicted octanol–water partition coefficient (Wildman–Crippen LogP) is -0.750. The summed E-state index contributed by atoms with van der Waals surface area (Å²) in [6.45, 7) is 1.11. The Hall–Kier alpha value is -0.120. The third-order valence-corrected chi connectivity index (χ3v) is 1.32. The van der Waals surface area contributed by atoms with Crippen molar-refractivity contribution < 1.29 is 5.11 Å². The Bertz CT molecular complexity index is 61.4. The molecule has 1 fully saturated rings. The molecule has 2 N–H and O–H groups in total. The lowest BCUT2D eigenvalue weighted by Gasteiger charge is -2.19. The molecule has 0 spiro atoms. The van der Waals surface area contributed by atoms with Crippen molar-refractivity contribution in [2.45, 2.75) is 18.9 Å². The van der Waals surface area contributed by atoms with Gasteiger partial charge in [0.2, 0.25) is 0 Å². The number of nitrogens with zero attached hydrogens (tertiary/aromatic N) is 1. The second-order valence-corrected chi connectivity index (χ2v) is 2.03. The summed E-state index contributed by atoms with van der Waals surface area (Å²) in [5.41, 5.74) is 6.76. The highest BCUT2D eigenvalue weighted by Gasteiger charge is 2.10. The van der Waals surface area contributed by atoms with E-state index in [9.17, 15) is 0 Å². The summed E-state index contributed by atoms with van der Waals surface area (Å²) in [5.74, 6) is 0. The minimum atomic E-state index is 0.212. The smallest absolute Gasteiger partial charge is 0.0598 e. The Balaban J connectivity index is 2.13. The van der Waals surface area contributed by atoms with Crippen molar-refractivity contribution in [3.63, 3.8) is 0 Å². The molecule has 3 heteroatoms. The van der Waals surface area contributed by atoms with Crippen LogP contribution in [0.25, 0.3) is 0 Å². The van der Waals surface area contributed by atoms with E-state index in [4.69, 9.17) is 5.11 Å². The van der Waals surface area contributed by atoms with Crippen LogP contribution in [0.5, 0.6) is 0 Å². The maximum atomic E-state index is 8.57. The topological polar surface area (TPSA) is 46.4 Å². The minimum absolute atomic E-state index is 0.212. The van der Waals surface area contributed by atoms with Crippen LogP contribution in [-0.4, -0.2) is 24.3 Å². The molecule has 1 unspecified atom stereocenters. The molecule has 0 bridgehead atoms. The molecule has 0 aromatic heterocycles. The van der Waals surface area contributed by atoms with Crippen molar-refractivity contribution in [1.29, 1.82) is 0 Å². The molecule has 0 aliphatic carbocycles. The van der Waals surface area contributed by atoms with Gasteiger partial charge in [-0.2, -0.15) is 5.43 Å². The summed E-state index contributed by atoms with van der Waals surface area (Å²) in [6, 6.07) is 0.226. The Kier molecular flexibility index (Phi) is 2.27. The van der Waals surface area contributed by atoms with E-state index in [2.05, 4.69) is 10.9 Å². The highest BCUT2D eigenvalue weighted by Crippen LogP contribution is 1.98. The summed E-state index contributed by atoms with van der Waals surface area (Å²) in [7, 11) is 0. The van der Waals surface area contributed by atoms with E-state index in [-0.39, 0.29) is 12.6 Å². The van der Waals surface area contributed by atoms with Gasteiger partial charge in [0, 0.05) is 12.6 Å². The highest BCUT2D eigenvalue weighted by molar-refractivity contribution is 4.66.